The van der Waals surface area contributed by atoms with E-state index in [-0.39, 0.29) is 23.1 Å². The predicted molar refractivity (Wildman–Crippen MR) is 86.6 cm³/mol. The lowest BCUT2D eigenvalue weighted by Gasteiger charge is -2.07. The maximum absolute atomic E-state index is 11.9. The molecule has 1 aromatic carbocycles. The number of hydrogen-bond donors (Lipinski definition) is 0. The van der Waals surface area contributed by atoms with Crippen LogP contribution in [0.4, 0.5) is 0 Å². The second-order valence-corrected chi connectivity index (χ2v) is 8.40. The van der Waals surface area contributed by atoms with Crippen molar-refractivity contribution in [3.8, 4) is 0 Å². The number of hydrogen-bond acceptors (Lipinski definition) is 7. The van der Waals surface area contributed by atoms with Crippen molar-refractivity contribution in [2.75, 3.05) is 19.2 Å². The van der Waals surface area contributed by atoms with Crippen LogP contribution in [0.25, 0.3) is 0 Å². The van der Waals surface area contributed by atoms with Crippen molar-refractivity contribution < 1.29 is 25.8 Å². The Kier molecular flexibility index (Phi) is 6.05. The van der Waals surface area contributed by atoms with E-state index in [4.69, 9.17) is 8.92 Å². The van der Waals surface area contributed by atoms with E-state index in [1.807, 2.05) is 6.92 Å². The molecular weight excluding hydrogens is 354 g/mol. The molecule has 0 radical (unpaired) electrons. The molecule has 9 heteroatoms. The largest absolute Gasteiger partial charge is 0.363 e. The summed E-state index contributed by atoms with van der Waals surface area (Å²) < 4.78 is 57.4. The van der Waals surface area contributed by atoms with Crippen LogP contribution in [0.15, 0.2) is 58.6 Å². The standard InChI is InChI=1S/C15H17NO6S2/c1-13-5-7-14(8-6-13)24(19,20)22-11-10-21-12-23(17,18)15-4-2-3-9-16-15/h2-9H,10-12H2,1H3. The molecule has 0 bridgehead atoms. The van der Waals surface area contributed by atoms with Gasteiger partial charge in [0.2, 0.25) is 9.84 Å². The van der Waals surface area contributed by atoms with Crippen molar-refractivity contribution in [1.82, 2.24) is 4.98 Å². The molecule has 2 aromatic rings. The summed E-state index contributed by atoms with van der Waals surface area (Å²) in [6, 6.07) is 10.7. The second-order valence-electron chi connectivity index (χ2n) is 4.90. The Morgan fingerprint density at radius 2 is 1.67 bits per heavy atom. The minimum atomic E-state index is -3.89. The lowest BCUT2D eigenvalue weighted by molar-refractivity contribution is 0.134. The van der Waals surface area contributed by atoms with Crippen LogP contribution in [0.1, 0.15) is 5.56 Å². The van der Waals surface area contributed by atoms with Gasteiger partial charge in [-0.05, 0) is 31.2 Å². The van der Waals surface area contributed by atoms with Gasteiger partial charge in [0.05, 0.1) is 18.1 Å². The number of rotatable bonds is 8. The number of pyridine rings is 1. The molecule has 0 fully saturated rings. The molecule has 0 saturated carbocycles. The van der Waals surface area contributed by atoms with Crippen molar-refractivity contribution in [3.05, 3.63) is 54.2 Å². The smallest absolute Gasteiger partial charge is 0.297 e. The van der Waals surface area contributed by atoms with E-state index in [0.29, 0.717) is 0 Å². The highest BCUT2D eigenvalue weighted by Gasteiger charge is 2.17. The summed E-state index contributed by atoms with van der Waals surface area (Å²) in [5, 5.41) is -0.0989. The third-order valence-corrected chi connectivity index (χ3v) is 5.65. The molecule has 0 aliphatic heterocycles. The zero-order valence-corrected chi connectivity index (χ0v) is 14.6. The summed E-state index contributed by atoms with van der Waals surface area (Å²) in [6.45, 7) is 1.37. The van der Waals surface area contributed by atoms with Crippen molar-refractivity contribution in [2.24, 2.45) is 0 Å². The number of aryl methyl sites for hydroxylation is 1. The molecule has 7 nitrogen and oxygen atoms in total. The lowest BCUT2D eigenvalue weighted by Crippen LogP contribution is -2.16. The fourth-order valence-corrected chi connectivity index (χ4v) is 3.59. The van der Waals surface area contributed by atoms with Crippen LogP contribution in [0.2, 0.25) is 0 Å². The van der Waals surface area contributed by atoms with E-state index >= 15 is 0 Å². The number of benzene rings is 1. The molecule has 130 valence electrons. The summed E-state index contributed by atoms with van der Waals surface area (Å²) >= 11 is 0. The highest BCUT2D eigenvalue weighted by molar-refractivity contribution is 7.91. The van der Waals surface area contributed by atoms with Crippen LogP contribution in [0.3, 0.4) is 0 Å². The molecule has 0 amide bonds. The molecule has 24 heavy (non-hydrogen) atoms. The zero-order chi connectivity index (χ0) is 17.6. The van der Waals surface area contributed by atoms with Gasteiger partial charge >= 0.3 is 0 Å². The Hall–Kier alpha value is -1.81. The Labute approximate surface area is 141 Å². The van der Waals surface area contributed by atoms with Crippen LogP contribution < -0.4 is 0 Å². The van der Waals surface area contributed by atoms with Crippen LogP contribution in [0, 0.1) is 6.92 Å². The van der Waals surface area contributed by atoms with Gasteiger partial charge in [-0.25, -0.2) is 13.4 Å². The molecule has 0 unspecified atom stereocenters. The van der Waals surface area contributed by atoms with E-state index in [9.17, 15) is 16.8 Å². The maximum Gasteiger partial charge on any atom is 0.297 e. The van der Waals surface area contributed by atoms with Gasteiger partial charge in [0, 0.05) is 6.20 Å². The quantitative estimate of drug-likeness (QED) is 0.512. The minimum Gasteiger partial charge on any atom is -0.363 e. The normalized spacial score (nSPS) is 12.2. The highest BCUT2D eigenvalue weighted by atomic mass is 32.2. The molecule has 2 rings (SSSR count). The van der Waals surface area contributed by atoms with E-state index in [1.54, 1.807) is 24.3 Å². The third kappa shape index (κ3) is 5.10. The van der Waals surface area contributed by atoms with Crippen LogP contribution >= 0.6 is 0 Å². The first-order valence-corrected chi connectivity index (χ1v) is 10.0. The molecule has 1 aromatic heterocycles. The van der Waals surface area contributed by atoms with Crippen LogP contribution in [-0.2, 0) is 28.9 Å². The van der Waals surface area contributed by atoms with Gasteiger partial charge in [-0.15, -0.1) is 0 Å². The van der Waals surface area contributed by atoms with Gasteiger partial charge in [0.1, 0.15) is 0 Å². The predicted octanol–water partition coefficient (Wildman–Crippen LogP) is 1.54. The summed E-state index contributed by atoms with van der Waals surface area (Å²) in [7, 11) is -7.56. The average Bonchev–Trinajstić information content (AvgIpc) is 2.55. The van der Waals surface area contributed by atoms with Gasteiger partial charge in [0.15, 0.2) is 11.0 Å². The number of sulfone groups is 1. The second kappa shape index (κ2) is 7.84. The Morgan fingerprint density at radius 3 is 2.29 bits per heavy atom. The molecule has 0 saturated heterocycles. The fourth-order valence-electron chi connectivity index (χ4n) is 1.74. The first kappa shape index (κ1) is 18.5. The van der Waals surface area contributed by atoms with Gasteiger partial charge in [0.25, 0.3) is 10.1 Å². The fraction of sp³-hybridized carbons (Fsp3) is 0.267. The molecule has 0 aliphatic carbocycles. The first-order chi connectivity index (χ1) is 11.3. The van der Waals surface area contributed by atoms with Gasteiger partial charge in [-0.3, -0.25) is 4.18 Å². The zero-order valence-electron chi connectivity index (χ0n) is 13.0. The van der Waals surface area contributed by atoms with Gasteiger partial charge in [-0.2, -0.15) is 8.42 Å². The molecule has 0 spiro atoms. The monoisotopic (exact) mass is 371 g/mol. The first-order valence-electron chi connectivity index (χ1n) is 6.99. The molecule has 1 heterocycles. The van der Waals surface area contributed by atoms with Gasteiger partial charge < -0.3 is 4.74 Å². The number of aromatic nitrogens is 1. The van der Waals surface area contributed by atoms with Crippen LogP contribution in [-0.4, -0.2) is 41.0 Å². The van der Waals surface area contributed by atoms with Crippen molar-refractivity contribution >= 4 is 20.0 Å². The molecule has 0 atom stereocenters. The Morgan fingerprint density at radius 1 is 0.958 bits per heavy atom. The number of ether oxygens (including phenoxy) is 1. The lowest BCUT2D eigenvalue weighted by atomic mass is 10.2. The third-order valence-electron chi connectivity index (χ3n) is 2.97. The Balaban J connectivity index is 1.82. The maximum atomic E-state index is 11.9. The van der Waals surface area contributed by atoms with E-state index < -0.39 is 25.9 Å². The van der Waals surface area contributed by atoms with Crippen molar-refractivity contribution in [3.63, 3.8) is 0 Å². The molecule has 0 N–H and O–H groups in total. The minimum absolute atomic E-state index is 0.0363. The summed E-state index contributed by atoms with van der Waals surface area (Å²) in [6.07, 6.45) is 1.37. The summed E-state index contributed by atoms with van der Waals surface area (Å²) in [4.78, 5) is 3.78. The number of nitrogens with zero attached hydrogens (tertiary/aromatic N) is 1. The van der Waals surface area contributed by atoms with Crippen LogP contribution in [0.5, 0.6) is 0 Å². The van der Waals surface area contributed by atoms with E-state index in [1.165, 1.54) is 24.4 Å². The molecule has 0 aliphatic rings. The van der Waals surface area contributed by atoms with E-state index in [0.717, 1.165) is 5.56 Å². The van der Waals surface area contributed by atoms with Gasteiger partial charge in [-0.1, -0.05) is 23.8 Å². The SMILES string of the molecule is Cc1ccc(S(=O)(=O)OCCOCS(=O)(=O)c2ccccn2)cc1. The summed E-state index contributed by atoms with van der Waals surface area (Å²) in [5.74, 6) is -0.599. The average molecular weight is 371 g/mol. The molecular formula is C15H17NO6S2. The van der Waals surface area contributed by atoms with Crippen molar-refractivity contribution in [2.45, 2.75) is 16.8 Å². The Bertz CT molecular complexity index is 862. The topological polar surface area (TPSA) is 99.6 Å². The van der Waals surface area contributed by atoms with E-state index in [2.05, 4.69) is 4.98 Å². The van der Waals surface area contributed by atoms with Crippen molar-refractivity contribution in [1.29, 1.82) is 0 Å². The highest BCUT2D eigenvalue weighted by Crippen LogP contribution is 2.13. The summed E-state index contributed by atoms with van der Waals surface area (Å²) in [5.41, 5.74) is 0.928.